The van der Waals surface area contributed by atoms with E-state index < -0.39 is 0 Å². The van der Waals surface area contributed by atoms with E-state index in [0.29, 0.717) is 0 Å². The Balaban J connectivity index is 0.000000105. The Morgan fingerprint density at radius 2 is 0.573 bits per heavy atom. The van der Waals surface area contributed by atoms with Crippen LogP contribution in [-0.4, -0.2) is 13.7 Å². The fourth-order valence-electron chi connectivity index (χ4n) is 18.8. The number of furan rings is 3. The molecule has 0 saturated heterocycles. The third-order valence-corrected chi connectivity index (χ3v) is 30.6. The average Bonchev–Trinajstić information content (AvgIpc) is 1.62. The summed E-state index contributed by atoms with van der Waals surface area (Å²) in [6.45, 7) is 51.8. The molecule has 8 aromatic heterocycles. The molecule has 0 saturated carbocycles. The van der Waals surface area contributed by atoms with Gasteiger partial charge in [0.05, 0.1) is 0 Å². The van der Waals surface area contributed by atoms with Gasteiger partial charge in [-0.2, -0.15) is 0 Å². The first-order chi connectivity index (χ1) is 62.6. The summed E-state index contributed by atoms with van der Waals surface area (Å²) in [5.41, 5.74) is 45.9. The van der Waals surface area contributed by atoms with Crippen LogP contribution in [0.3, 0.4) is 0 Å². The summed E-state index contributed by atoms with van der Waals surface area (Å²) in [4.78, 5) is 0. The van der Waals surface area contributed by atoms with Crippen LogP contribution < -0.4 is 0 Å². The number of aromatic nitrogens is 3. The monoisotopic (exact) mass is 1750 g/mol. The van der Waals surface area contributed by atoms with Gasteiger partial charge in [0, 0.05) is 159 Å². The molecule has 131 heavy (non-hydrogen) atoms. The number of fused-ring (bicyclic) bond motifs is 24. The number of hydrogen-bond donors (Lipinski definition) is 0. The molecule has 16 aromatic carbocycles. The van der Waals surface area contributed by atoms with Gasteiger partial charge in [0.15, 0.2) is 0 Å². The Morgan fingerprint density at radius 3 is 1.24 bits per heavy atom. The first-order valence-corrected chi connectivity index (χ1v) is 47.5. The van der Waals surface area contributed by atoms with E-state index in [9.17, 15) is 0 Å². The topological polar surface area (TPSA) is 54.2 Å². The van der Waals surface area contributed by atoms with E-state index in [0.717, 1.165) is 33.5 Å². The molecule has 0 atom stereocenters. The third-order valence-electron chi connectivity index (χ3n) is 28.0. The molecule has 658 valence electrons. The molecular formula is C123H121N3O3S2. The molecule has 0 fully saturated rings. The highest BCUT2D eigenvalue weighted by Crippen LogP contribution is 2.43. The Bertz CT molecular complexity index is 8400. The van der Waals surface area contributed by atoms with E-state index in [1.54, 1.807) is 0 Å². The van der Waals surface area contributed by atoms with Crippen molar-refractivity contribution in [2.24, 2.45) is 21.1 Å². The van der Waals surface area contributed by atoms with Crippen LogP contribution in [0.4, 0.5) is 0 Å². The minimum atomic E-state index is 0.977. The lowest BCUT2D eigenvalue weighted by Crippen LogP contribution is -1.88. The van der Waals surface area contributed by atoms with E-state index in [1.807, 2.05) is 22.7 Å². The van der Waals surface area contributed by atoms with Gasteiger partial charge in [-0.3, -0.25) is 0 Å². The van der Waals surface area contributed by atoms with Gasteiger partial charge in [-0.25, -0.2) is 0 Å². The molecule has 6 nitrogen and oxygen atoms in total. The van der Waals surface area contributed by atoms with E-state index in [1.165, 1.54) is 272 Å². The SMILES string of the molecule is Cc1ccc2c(c1)c1cc(C)c(C)cc1n2C.Cc1ccc2c(c1)oc1cc(C)c(C)cc12.Cc1ccc2c(c1C)c1c(C)cccc1n2C.Cc1ccc2c(oc3c(C)cccc32)c1C.Cc1ccc2c(sc3c(C)cccc32)c1C.Cc1ccc2c3cc(C)c(C)cc3n(C)c2c1.Cc1ccc2oc3cc(C)c(C)cc3c2c1.Cc1ccc2sc3cc(C)c(C)cc3c2c1. The standard InChI is InChI=1S/3C16H17N.3C15H14O.2C15H14S/c1-10-5-6-15-13(7-10)14-8-11(2)12(3)9-16(14)17(15)4;1-10-5-6-13-14-8-11(2)12(3)9-16(14)17(4)15(13)7-10;1-10-8-9-14-16(12(10)3)15-11(2)6-5-7-13(15)17(14)4;1-9-4-5-14-12(6-9)13-7-10(2)11(3)8-15(13)16-14;1-9-4-5-12-13-7-10(2)11(3)8-15(13)16-14(12)6-9;1-9-7-8-13-12-6-4-5-10(2)14(12)16-15(13)11(9)3;1-9-4-5-14-12(6-9)13-7-10(2)11(3)8-15(13)16-14;1-9-7-8-13-12-6-4-5-10(2)14(12)16-15(13)11(9)3/h3*5-9H,1-4H3;5*4-8H,1-3H3. The number of thiophene rings is 2. The molecule has 0 spiro atoms. The molecule has 0 aliphatic heterocycles. The van der Waals surface area contributed by atoms with Crippen molar-refractivity contribution in [3.8, 4) is 0 Å². The number of hydrogen-bond acceptors (Lipinski definition) is 5. The quantitative estimate of drug-likeness (QED) is 0.152. The number of para-hydroxylation sites is 1. The molecule has 24 rings (SSSR count). The van der Waals surface area contributed by atoms with Gasteiger partial charge in [0.1, 0.15) is 33.5 Å². The van der Waals surface area contributed by atoms with Gasteiger partial charge in [0.2, 0.25) is 0 Å². The summed E-state index contributed by atoms with van der Waals surface area (Å²) < 4.78 is 30.3. The molecule has 0 unspecified atom stereocenters. The lowest BCUT2D eigenvalue weighted by molar-refractivity contribution is 0.662. The third kappa shape index (κ3) is 17.0. The van der Waals surface area contributed by atoms with Crippen molar-refractivity contribution >= 4 is 194 Å². The summed E-state index contributed by atoms with van der Waals surface area (Å²) in [5, 5.41) is 21.2. The number of nitrogens with zero attached hydrogens (tertiary/aromatic N) is 3. The molecule has 24 aromatic rings. The van der Waals surface area contributed by atoms with E-state index in [2.05, 4.69) is 444 Å². The molecule has 0 N–H and O–H groups in total. The van der Waals surface area contributed by atoms with Gasteiger partial charge < -0.3 is 27.0 Å². The second-order valence-electron chi connectivity index (χ2n) is 37.5. The normalized spacial score (nSPS) is 11.5. The Morgan fingerprint density at radius 1 is 0.183 bits per heavy atom. The van der Waals surface area contributed by atoms with Crippen LogP contribution in [0.15, 0.2) is 256 Å². The second-order valence-corrected chi connectivity index (χ2v) is 39.6. The van der Waals surface area contributed by atoms with Crippen LogP contribution >= 0.6 is 22.7 Å². The van der Waals surface area contributed by atoms with Gasteiger partial charge >= 0.3 is 0 Å². The molecule has 0 bridgehead atoms. The zero-order chi connectivity index (χ0) is 92.9. The maximum atomic E-state index is 5.99. The largest absolute Gasteiger partial charge is 0.456 e. The molecule has 0 aliphatic rings. The van der Waals surface area contributed by atoms with Crippen molar-refractivity contribution < 1.29 is 13.3 Å². The van der Waals surface area contributed by atoms with Crippen LogP contribution in [0.25, 0.3) is 172 Å². The summed E-state index contributed by atoms with van der Waals surface area (Å²) in [6.07, 6.45) is 0. The van der Waals surface area contributed by atoms with Gasteiger partial charge in [-0.15, -0.1) is 22.7 Å². The lowest BCUT2D eigenvalue weighted by Gasteiger charge is -2.03. The van der Waals surface area contributed by atoms with Crippen LogP contribution in [0.5, 0.6) is 0 Å². The van der Waals surface area contributed by atoms with Crippen molar-refractivity contribution in [1.82, 2.24) is 13.7 Å². The van der Waals surface area contributed by atoms with E-state index >= 15 is 0 Å². The van der Waals surface area contributed by atoms with Gasteiger partial charge in [-0.1, -0.05) is 138 Å². The maximum absolute atomic E-state index is 5.99. The highest BCUT2D eigenvalue weighted by atomic mass is 32.1. The Labute approximate surface area is 779 Å². The minimum absolute atomic E-state index is 0.977. The van der Waals surface area contributed by atoms with Crippen molar-refractivity contribution in [2.75, 3.05) is 0 Å². The number of rotatable bonds is 0. The zero-order valence-corrected chi connectivity index (χ0v) is 83.1. The van der Waals surface area contributed by atoms with Crippen molar-refractivity contribution in [1.29, 1.82) is 0 Å². The van der Waals surface area contributed by atoms with Gasteiger partial charge in [-0.05, 0) is 404 Å². The molecular weight excluding hydrogens is 1630 g/mol. The minimum Gasteiger partial charge on any atom is -0.456 e. The highest BCUT2D eigenvalue weighted by molar-refractivity contribution is 7.26. The first-order valence-electron chi connectivity index (χ1n) is 45.9. The van der Waals surface area contributed by atoms with E-state index in [4.69, 9.17) is 13.3 Å². The molecule has 8 heterocycles. The molecule has 0 amide bonds. The smallest absolute Gasteiger partial charge is 0.138 e. The Hall–Kier alpha value is -13.2. The first kappa shape index (κ1) is 89.7. The van der Waals surface area contributed by atoms with Crippen LogP contribution in [0, 0.1) is 166 Å². The van der Waals surface area contributed by atoms with Crippen LogP contribution in [0.2, 0.25) is 0 Å². The van der Waals surface area contributed by atoms with Gasteiger partial charge in [0.25, 0.3) is 0 Å². The van der Waals surface area contributed by atoms with Crippen molar-refractivity contribution in [2.45, 2.75) is 166 Å². The summed E-state index contributed by atoms with van der Waals surface area (Å²) in [6, 6.07) is 88.0. The zero-order valence-electron chi connectivity index (χ0n) is 81.5. The average molecular weight is 1750 g/mol. The molecule has 0 aliphatic carbocycles. The number of benzene rings is 16. The predicted molar refractivity (Wildman–Crippen MR) is 575 cm³/mol. The maximum Gasteiger partial charge on any atom is 0.138 e. The molecule has 0 radical (unpaired) electrons. The second kappa shape index (κ2) is 35.9. The predicted octanol–water partition coefficient (Wildman–Crippen LogP) is 36.3. The van der Waals surface area contributed by atoms with Crippen LogP contribution in [0.1, 0.15) is 134 Å². The lowest BCUT2D eigenvalue weighted by atomic mass is 10.0. The summed E-state index contributed by atoms with van der Waals surface area (Å²) in [5.74, 6) is 0. The Kier molecular flexibility index (Phi) is 24.6. The van der Waals surface area contributed by atoms with Crippen molar-refractivity contribution in [3.05, 3.63) is 376 Å². The van der Waals surface area contributed by atoms with E-state index in [-0.39, 0.29) is 0 Å². The summed E-state index contributed by atoms with van der Waals surface area (Å²) >= 11 is 3.82. The fourth-order valence-corrected chi connectivity index (χ4v) is 21.3. The molecule has 8 heteroatoms. The highest BCUT2D eigenvalue weighted by Gasteiger charge is 2.19. The fraction of sp³-hybridized carbons (Fsp3) is 0.220. The van der Waals surface area contributed by atoms with Crippen molar-refractivity contribution in [3.63, 3.8) is 0 Å². The number of aryl methyl sites for hydroxylation is 27. The van der Waals surface area contributed by atoms with Crippen LogP contribution in [-0.2, 0) is 21.1 Å². The summed E-state index contributed by atoms with van der Waals surface area (Å²) in [7, 11) is 6.45.